The predicted molar refractivity (Wildman–Crippen MR) is 81.8 cm³/mol. The third-order valence-electron chi connectivity index (χ3n) is 4.07. The largest absolute Gasteiger partial charge is 0.331 e. The van der Waals surface area contributed by atoms with Crippen LogP contribution in [0.15, 0.2) is 24.3 Å². The molecule has 0 aliphatic carbocycles. The van der Waals surface area contributed by atoms with Crippen LogP contribution in [0.2, 0.25) is 0 Å². The second-order valence-corrected chi connectivity index (χ2v) is 5.97. The number of nitrogens with one attached hydrogen (secondary N) is 1. The van der Waals surface area contributed by atoms with Gasteiger partial charge in [-0.05, 0) is 24.1 Å². The molecule has 0 atom stereocenters. The predicted octanol–water partition coefficient (Wildman–Crippen LogP) is 3.03. The molecule has 2 aromatic rings. The molecule has 21 heavy (non-hydrogen) atoms. The van der Waals surface area contributed by atoms with Gasteiger partial charge >= 0.3 is 0 Å². The molecule has 3 nitrogen and oxygen atoms in total. The maximum absolute atomic E-state index is 13.0. The van der Waals surface area contributed by atoms with Crippen LogP contribution in [-0.2, 0) is 25.9 Å². The Hall–Kier alpha value is -1.68. The van der Waals surface area contributed by atoms with E-state index in [0.717, 1.165) is 32.5 Å². The number of imidazole rings is 1. The summed E-state index contributed by atoms with van der Waals surface area (Å²) in [5.74, 6) is 1.42. The summed E-state index contributed by atoms with van der Waals surface area (Å²) in [6, 6.07) is 6.81. The molecule has 1 aliphatic rings. The molecule has 2 heterocycles. The maximum Gasteiger partial charge on any atom is 0.123 e. The molecule has 1 aromatic carbocycles. The lowest BCUT2D eigenvalue weighted by Gasteiger charge is -2.17. The van der Waals surface area contributed by atoms with Crippen LogP contribution in [0.5, 0.6) is 0 Å². The van der Waals surface area contributed by atoms with Crippen LogP contribution in [0.1, 0.15) is 42.5 Å². The summed E-state index contributed by atoms with van der Waals surface area (Å²) in [5.41, 5.74) is 3.74. The molecule has 1 aromatic heterocycles. The van der Waals surface area contributed by atoms with Crippen molar-refractivity contribution in [2.24, 2.45) is 0 Å². The molecular formula is C17H22FN3. The zero-order valence-corrected chi connectivity index (χ0v) is 12.7. The van der Waals surface area contributed by atoms with Crippen LogP contribution in [0.25, 0.3) is 0 Å². The van der Waals surface area contributed by atoms with Gasteiger partial charge in [0, 0.05) is 37.7 Å². The van der Waals surface area contributed by atoms with E-state index >= 15 is 0 Å². The summed E-state index contributed by atoms with van der Waals surface area (Å²) in [6.07, 6.45) is 1.95. The highest BCUT2D eigenvalue weighted by atomic mass is 19.1. The van der Waals surface area contributed by atoms with E-state index in [1.807, 2.05) is 12.1 Å². The first-order valence-corrected chi connectivity index (χ1v) is 7.68. The van der Waals surface area contributed by atoms with Gasteiger partial charge in [-0.25, -0.2) is 9.37 Å². The Morgan fingerprint density at radius 2 is 2.05 bits per heavy atom. The van der Waals surface area contributed by atoms with Gasteiger partial charge in [-0.3, -0.25) is 0 Å². The second-order valence-electron chi connectivity index (χ2n) is 5.97. The van der Waals surface area contributed by atoms with Gasteiger partial charge in [0.25, 0.3) is 0 Å². The minimum atomic E-state index is -0.173. The summed E-state index contributed by atoms with van der Waals surface area (Å²) in [4.78, 5) is 4.82. The normalized spacial score (nSPS) is 14.5. The van der Waals surface area contributed by atoms with Gasteiger partial charge in [0.2, 0.25) is 0 Å². The van der Waals surface area contributed by atoms with Crippen LogP contribution in [0.3, 0.4) is 0 Å². The molecule has 3 rings (SSSR count). The van der Waals surface area contributed by atoms with Crippen LogP contribution in [-0.4, -0.2) is 16.1 Å². The molecule has 0 unspecified atom stereocenters. The van der Waals surface area contributed by atoms with Crippen molar-refractivity contribution in [2.45, 2.75) is 45.7 Å². The Balaban J connectivity index is 1.83. The van der Waals surface area contributed by atoms with Crippen LogP contribution >= 0.6 is 0 Å². The van der Waals surface area contributed by atoms with Crippen molar-refractivity contribution in [3.05, 3.63) is 52.9 Å². The SMILES string of the molecule is CC(C)c1nc2c(n1CCc1ccc(F)cc1)CCNC2. The Morgan fingerprint density at radius 1 is 1.29 bits per heavy atom. The van der Waals surface area contributed by atoms with E-state index < -0.39 is 0 Å². The van der Waals surface area contributed by atoms with Crippen LogP contribution in [0, 0.1) is 5.82 Å². The molecule has 0 saturated heterocycles. The minimum Gasteiger partial charge on any atom is -0.331 e. The summed E-state index contributed by atoms with van der Waals surface area (Å²) >= 11 is 0. The number of hydrogen-bond acceptors (Lipinski definition) is 2. The highest BCUT2D eigenvalue weighted by Crippen LogP contribution is 2.22. The van der Waals surface area contributed by atoms with Gasteiger partial charge < -0.3 is 9.88 Å². The van der Waals surface area contributed by atoms with Crippen molar-refractivity contribution in [3.63, 3.8) is 0 Å². The van der Waals surface area contributed by atoms with Crippen molar-refractivity contribution < 1.29 is 4.39 Å². The van der Waals surface area contributed by atoms with Crippen molar-refractivity contribution in [2.75, 3.05) is 6.54 Å². The summed E-state index contributed by atoms with van der Waals surface area (Å²) < 4.78 is 15.4. The van der Waals surface area contributed by atoms with E-state index in [-0.39, 0.29) is 5.82 Å². The Labute approximate surface area is 125 Å². The lowest BCUT2D eigenvalue weighted by molar-refractivity contribution is 0.566. The Morgan fingerprint density at radius 3 is 2.76 bits per heavy atom. The number of aryl methyl sites for hydroxylation is 1. The molecule has 0 amide bonds. The molecule has 0 radical (unpaired) electrons. The zero-order chi connectivity index (χ0) is 14.8. The van der Waals surface area contributed by atoms with Gasteiger partial charge in [-0.2, -0.15) is 0 Å². The number of nitrogens with zero attached hydrogens (tertiary/aromatic N) is 2. The second kappa shape index (κ2) is 5.98. The topological polar surface area (TPSA) is 29.9 Å². The minimum absolute atomic E-state index is 0.173. The molecule has 0 spiro atoms. The lowest BCUT2D eigenvalue weighted by Crippen LogP contribution is -2.25. The average Bonchev–Trinajstić information content (AvgIpc) is 2.86. The third kappa shape index (κ3) is 3.00. The fourth-order valence-electron chi connectivity index (χ4n) is 2.97. The molecule has 0 saturated carbocycles. The fraction of sp³-hybridized carbons (Fsp3) is 0.471. The standard InChI is InChI=1S/C17H22FN3/c1-12(2)17-20-15-11-19-9-7-16(15)21(17)10-8-13-3-5-14(18)6-4-13/h3-6,12,19H,7-11H2,1-2H3. The summed E-state index contributed by atoms with van der Waals surface area (Å²) in [5, 5.41) is 3.38. The van der Waals surface area contributed by atoms with Crippen molar-refractivity contribution >= 4 is 0 Å². The third-order valence-corrected chi connectivity index (χ3v) is 4.07. The van der Waals surface area contributed by atoms with E-state index in [1.54, 1.807) is 0 Å². The van der Waals surface area contributed by atoms with Crippen LogP contribution < -0.4 is 5.32 Å². The van der Waals surface area contributed by atoms with E-state index in [1.165, 1.54) is 34.9 Å². The maximum atomic E-state index is 13.0. The molecule has 4 heteroatoms. The highest BCUT2D eigenvalue weighted by Gasteiger charge is 2.20. The quantitative estimate of drug-likeness (QED) is 0.936. The molecule has 112 valence electrons. The highest BCUT2D eigenvalue weighted by molar-refractivity contribution is 5.23. The van der Waals surface area contributed by atoms with E-state index in [4.69, 9.17) is 4.98 Å². The zero-order valence-electron chi connectivity index (χ0n) is 12.7. The van der Waals surface area contributed by atoms with Gasteiger partial charge in [0.1, 0.15) is 11.6 Å². The van der Waals surface area contributed by atoms with E-state index in [9.17, 15) is 4.39 Å². The van der Waals surface area contributed by atoms with Gasteiger partial charge in [-0.1, -0.05) is 26.0 Å². The molecular weight excluding hydrogens is 265 g/mol. The number of fused-ring (bicyclic) bond motifs is 1. The first-order chi connectivity index (χ1) is 10.1. The number of hydrogen-bond donors (Lipinski definition) is 1. The first kappa shape index (κ1) is 14.3. The number of halogens is 1. The Kier molecular flexibility index (Phi) is 4.06. The van der Waals surface area contributed by atoms with Crippen molar-refractivity contribution in [3.8, 4) is 0 Å². The Bertz CT molecular complexity index is 614. The van der Waals surface area contributed by atoms with E-state index in [2.05, 4.69) is 23.7 Å². The molecule has 1 aliphatic heterocycles. The fourth-order valence-corrected chi connectivity index (χ4v) is 2.97. The first-order valence-electron chi connectivity index (χ1n) is 7.68. The molecule has 0 bridgehead atoms. The summed E-state index contributed by atoms with van der Waals surface area (Å²) in [6.45, 7) is 7.19. The van der Waals surface area contributed by atoms with Gasteiger partial charge in [0.15, 0.2) is 0 Å². The van der Waals surface area contributed by atoms with Crippen molar-refractivity contribution in [1.82, 2.24) is 14.9 Å². The lowest BCUT2D eigenvalue weighted by atomic mass is 10.1. The molecule has 1 N–H and O–H groups in total. The smallest absolute Gasteiger partial charge is 0.123 e. The number of rotatable bonds is 4. The average molecular weight is 287 g/mol. The molecule has 0 fully saturated rings. The van der Waals surface area contributed by atoms with Crippen LogP contribution in [0.4, 0.5) is 4.39 Å². The number of aromatic nitrogens is 2. The number of benzene rings is 1. The van der Waals surface area contributed by atoms with Gasteiger partial charge in [0.05, 0.1) is 5.69 Å². The summed E-state index contributed by atoms with van der Waals surface area (Å²) in [7, 11) is 0. The monoisotopic (exact) mass is 287 g/mol. The van der Waals surface area contributed by atoms with Crippen molar-refractivity contribution in [1.29, 1.82) is 0 Å². The van der Waals surface area contributed by atoms with E-state index in [0.29, 0.717) is 5.92 Å². The van der Waals surface area contributed by atoms with Gasteiger partial charge in [-0.15, -0.1) is 0 Å².